The van der Waals surface area contributed by atoms with Crippen LogP contribution in [0, 0.1) is 0 Å². The summed E-state index contributed by atoms with van der Waals surface area (Å²) in [5, 5.41) is 6.35. The molecular formula is C40H48N4O12S. The van der Waals surface area contributed by atoms with E-state index in [1.807, 2.05) is 35.5 Å². The molecule has 0 unspecified atom stereocenters. The third kappa shape index (κ3) is 12.3. The number of likely N-dealkylation sites (N-methyl/N-ethyl adjacent to an activating group) is 2. The Hall–Kier alpha value is -5.94. The fourth-order valence-electron chi connectivity index (χ4n) is 5.82. The molecule has 0 bridgehead atoms. The second-order valence-electron chi connectivity index (χ2n) is 12.6. The van der Waals surface area contributed by atoms with Crippen molar-refractivity contribution in [3.63, 3.8) is 0 Å². The maximum absolute atomic E-state index is 12.5. The predicted octanol–water partition coefficient (Wildman–Crippen LogP) is 4.25. The van der Waals surface area contributed by atoms with E-state index in [1.54, 1.807) is 43.3 Å². The Morgan fingerprint density at radius 2 is 1.53 bits per heavy atom. The molecule has 57 heavy (non-hydrogen) atoms. The first kappa shape index (κ1) is 43.8. The summed E-state index contributed by atoms with van der Waals surface area (Å²) >= 11 is 0. The lowest BCUT2D eigenvalue weighted by Gasteiger charge is -2.24. The van der Waals surface area contributed by atoms with Gasteiger partial charge in [0.25, 0.3) is 0 Å². The minimum absolute atomic E-state index is 0.0309. The average Bonchev–Trinajstić information content (AvgIpc) is 3.19. The van der Waals surface area contributed by atoms with Gasteiger partial charge in [-0.25, -0.2) is 27.4 Å². The first-order valence-electron chi connectivity index (χ1n) is 18.5. The normalized spacial score (nSPS) is 11.7. The SMILES string of the molecule is C=C(C)C(=O)OCCNC(=O)OCC[N+](CC)=c1ccc2c(-c3ccccc3S(=O)(=O)[O-])c3ccc(N(CC)CCOC(=O)NCCOC(=O)CC)cc3oc-2c1. The highest BCUT2D eigenvalue weighted by molar-refractivity contribution is 7.85. The van der Waals surface area contributed by atoms with Gasteiger partial charge in [0, 0.05) is 58.4 Å². The predicted molar refractivity (Wildman–Crippen MR) is 211 cm³/mol. The van der Waals surface area contributed by atoms with Crippen LogP contribution in [0.4, 0.5) is 15.3 Å². The number of carbonyl (C=O) groups is 4. The molecule has 0 saturated carbocycles. The summed E-state index contributed by atoms with van der Waals surface area (Å²) in [6.45, 7) is 12.6. The minimum Gasteiger partial charge on any atom is -0.744 e. The third-order valence-corrected chi connectivity index (χ3v) is 9.57. The smallest absolute Gasteiger partial charge is 0.407 e. The number of hydrogen-bond donors (Lipinski definition) is 2. The molecule has 0 radical (unpaired) electrons. The molecule has 1 aliphatic carbocycles. The van der Waals surface area contributed by atoms with E-state index in [1.165, 1.54) is 19.1 Å². The van der Waals surface area contributed by atoms with Gasteiger partial charge in [0.2, 0.25) is 5.36 Å². The second kappa shape index (κ2) is 20.8. The third-order valence-electron chi connectivity index (χ3n) is 8.67. The highest BCUT2D eigenvalue weighted by Gasteiger charge is 2.23. The Balaban J connectivity index is 1.63. The van der Waals surface area contributed by atoms with E-state index >= 15 is 0 Å². The zero-order valence-electron chi connectivity index (χ0n) is 32.5. The quantitative estimate of drug-likeness (QED) is 0.0259. The van der Waals surface area contributed by atoms with Crippen LogP contribution in [0.25, 0.3) is 33.4 Å². The van der Waals surface area contributed by atoms with E-state index < -0.39 is 28.3 Å². The van der Waals surface area contributed by atoms with Crippen molar-refractivity contribution in [2.75, 3.05) is 70.6 Å². The highest BCUT2D eigenvalue weighted by atomic mass is 32.2. The van der Waals surface area contributed by atoms with E-state index in [-0.39, 0.29) is 67.9 Å². The maximum atomic E-state index is 12.5. The number of benzene rings is 3. The van der Waals surface area contributed by atoms with Crippen molar-refractivity contribution in [2.45, 2.75) is 39.0 Å². The fraction of sp³-hybridized carbons (Fsp3) is 0.375. The Morgan fingerprint density at radius 1 is 0.842 bits per heavy atom. The number of alkyl carbamates (subject to hydrolysis) is 2. The van der Waals surface area contributed by atoms with Crippen LogP contribution >= 0.6 is 0 Å². The lowest BCUT2D eigenvalue weighted by Crippen LogP contribution is -2.35. The maximum Gasteiger partial charge on any atom is 0.407 e. The van der Waals surface area contributed by atoms with Gasteiger partial charge in [-0.2, -0.15) is 0 Å². The molecule has 0 saturated heterocycles. The zero-order valence-corrected chi connectivity index (χ0v) is 33.3. The molecule has 2 aliphatic rings. The molecule has 17 heteroatoms. The van der Waals surface area contributed by atoms with Crippen LogP contribution in [0.3, 0.4) is 0 Å². The second-order valence-corrected chi connectivity index (χ2v) is 13.9. The lowest BCUT2D eigenvalue weighted by molar-refractivity contribution is -0.143. The lowest BCUT2D eigenvalue weighted by atomic mass is 9.93. The molecule has 306 valence electrons. The number of carbonyl (C=O) groups excluding carboxylic acids is 4. The van der Waals surface area contributed by atoms with Crippen LogP contribution < -0.4 is 25.5 Å². The molecule has 2 aromatic rings. The number of amides is 2. The van der Waals surface area contributed by atoms with Crippen molar-refractivity contribution in [1.29, 1.82) is 0 Å². The highest BCUT2D eigenvalue weighted by Crippen LogP contribution is 2.42. The average molecular weight is 809 g/mol. The van der Waals surface area contributed by atoms with Gasteiger partial charge in [-0.15, -0.1) is 0 Å². The molecular weight excluding hydrogens is 761 g/mol. The van der Waals surface area contributed by atoms with Gasteiger partial charge in [0.15, 0.2) is 13.2 Å². The van der Waals surface area contributed by atoms with Crippen LogP contribution in [0.2, 0.25) is 0 Å². The number of nitrogens with zero attached hydrogens (tertiary/aromatic N) is 2. The van der Waals surface area contributed by atoms with Crippen molar-refractivity contribution < 1.29 is 55.5 Å². The molecule has 1 aliphatic heterocycles. The van der Waals surface area contributed by atoms with Gasteiger partial charge < -0.3 is 43.5 Å². The topological polar surface area (TPSA) is 206 Å². The number of fused-ring (bicyclic) bond motifs is 2. The number of nitrogens with one attached hydrogen (secondary N) is 2. The van der Waals surface area contributed by atoms with Crippen molar-refractivity contribution >= 4 is 50.9 Å². The Morgan fingerprint density at radius 3 is 2.18 bits per heavy atom. The van der Waals surface area contributed by atoms with Gasteiger partial charge in [0.1, 0.15) is 47.8 Å². The van der Waals surface area contributed by atoms with Gasteiger partial charge in [-0.1, -0.05) is 31.7 Å². The van der Waals surface area contributed by atoms with Crippen molar-refractivity contribution in [1.82, 2.24) is 15.2 Å². The van der Waals surface area contributed by atoms with Gasteiger partial charge in [-0.3, -0.25) is 4.79 Å². The Bertz CT molecular complexity index is 2230. The van der Waals surface area contributed by atoms with Crippen LogP contribution in [0.1, 0.15) is 34.1 Å². The van der Waals surface area contributed by atoms with Crippen molar-refractivity contribution in [3.05, 3.63) is 78.2 Å². The summed E-state index contributed by atoms with van der Waals surface area (Å²) in [5.41, 5.74) is 2.66. The molecule has 0 fully saturated rings. The molecule has 2 aromatic carbocycles. The zero-order chi connectivity index (χ0) is 41.5. The first-order valence-corrected chi connectivity index (χ1v) is 19.9. The van der Waals surface area contributed by atoms with E-state index in [4.69, 9.17) is 23.4 Å². The number of anilines is 1. The molecule has 0 aromatic heterocycles. The molecule has 2 amide bonds. The molecule has 2 N–H and O–H groups in total. The minimum atomic E-state index is -4.87. The summed E-state index contributed by atoms with van der Waals surface area (Å²) in [7, 11) is -4.87. The van der Waals surface area contributed by atoms with E-state index in [9.17, 15) is 32.1 Å². The largest absolute Gasteiger partial charge is 0.744 e. The first-order chi connectivity index (χ1) is 27.3. The Labute approximate surface area is 331 Å². The molecule has 0 spiro atoms. The van der Waals surface area contributed by atoms with Crippen LogP contribution in [0.5, 0.6) is 0 Å². The summed E-state index contributed by atoms with van der Waals surface area (Å²) in [5.74, 6) is -0.513. The molecule has 0 atom stereocenters. The van der Waals surface area contributed by atoms with Crippen LogP contribution in [0.15, 0.2) is 82.1 Å². The van der Waals surface area contributed by atoms with Gasteiger partial charge in [0.05, 0.1) is 30.6 Å². The van der Waals surface area contributed by atoms with Crippen molar-refractivity contribution in [3.8, 4) is 22.5 Å². The Kier molecular flexibility index (Phi) is 16.0. The number of esters is 2. The summed E-state index contributed by atoms with van der Waals surface area (Å²) < 4.78 is 66.5. The molecule has 16 nitrogen and oxygen atoms in total. The van der Waals surface area contributed by atoms with Gasteiger partial charge >= 0.3 is 24.1 Å². The number of hydrogen-bond acceptors (Lipinski definition) is 13. The number of rotatable bonds is 19. The fourth-order valence-corrected chi connectivity index (χ4v) is 6.51. The van der Waals surface area contributed by atoms with Crippen molar-refractivity contribution in [2.24, 2.45) is 0 Å². The van der Waals surface area contributed by atoms with E-state index in [0.29, 0.717) is 54.0 Å². The molecule has 1 heterocycles. The number of ether oxygens (including phenoxy) is 4. The van der Waals surface area contributed by atoms with Gasteiger partial charge in [-0.05, 0) is 45.0 Å². The monoisotopic (exact) mass is 808 g/mol. The summed E-state index contributed by atoms with van der Waals surface area (Å²) in [4.78, 5) is 48.8. The van der Waals surface area contributed by atoms with E-state index in [0.717, 1.165) is 11.0 Å². The van der Waals surface area contributed by atoms with Crippen LogP contribution in [-0.2, 0) is 38.7 Å². The summed E-state index contributed by atoms with van der Waals surface area (Å²) in [6, 6.07) is 16.9. The molecule has 4 rings (SSSR count). The summed E-state index contributed by atoms with van der Waals surface area (Å²) in [6.07, 6.45) is -1.08. The van der Waals surface area contributed by atoms with E-state index in [2.05, 4.69) is 17.2 Å². The van der Waals surface area contributed by atoms with Crippen LogP contribution in [-0.4, -0.2) is 103 Å². The standard InChI is InChI=1S/C40H48N4O12S/c1-6-36(45)52-21-17-41-39(47)54-23-19-43(7-2)28-13-15-30-33(25-28)56-34-26-29(14-16-31(34)37(30)32-11-9-10-12-35(32)57(49,50)51)44(8-3)20-24-55-40(48)42-18-22-53-38(46)27(4)5/h9-16,25-26H,4,6-8,17-24H2,1-3,5H3,(H2-,41,42,47,48,49,50,51).